The minimum absolute atomic E-state index is 0.142. The molecule has 0 bridgehead atoms. The smallest absolute Gasteiger partial charge is 0.228 e. The molecule has 0 saturated heterocycles. The molecule has 0 radical (unpaired) electrons. The van der Waals surface area contributed by atoms with E-state index in [1.54, 1.807) is 30.6 Å². The van der Waals surface area contributed by atoms with E-state index >= 15 is 0 Å². The molecular formula is C22H18FN3O. The summed E-state index contributed by atoms with van der Waals surface area (Å²) in [5.41, 5.74) is 4.03. The van der Waals surface area contributed by atoms with Gasteiger partial charge in [0, 0.05) is 35.9 Å². The van der Waals surface area contributed by atoms with E-state index in [0.29, 0.717) is 11.3 Å². The number of hydrogen-bond acceptors (Lipinski definition) is 2. The highest BCUT2D eigenvalue weighted by Gasteiger charge is 2.13. The van der Waals surface area contributed by atoms with E-state index in [-0.39, 0.29) is 18.1 Å². The van der Waals surface area contributed by atoms with Crippen LogP contribution < -0.4 is 5.32 Å². The van der Waals surface area contributed by atoms with Gasteiger partial charge in [0.1, 0.15) is 5.82 Å². The predicted octanol–water partition coefficient (Wildman–Crippen LogP) is 4.56. The number of anilines is 1. The van der Waals surface area contributed by atoms with E-state index in [1.807, 2.05) is 42.1 Å². The van der Waals surface area contributed by atoms with E-state index < -0.39 is 0 Å². The molecule has 2 aromatic carbocycles. The van der Waals surface area contributed by atoms with Gasteiger partial charge >= 0.3 is 0 Å². The second-order valence-electron chi connectivity index (χ2n) is 6.44. The molecule has 0 saturated carbocycles. The zero-order valence-electron chi connectivity index (χ0n) is 14.8. The third-order valence-electron chi connectivity index (χ3n) is 4.56. The van der Waals surface area contributed by atoms with Crippen molar-refractivity contribution in [1.82, 2.24) is 9.55 Å². The topological polar surface area (TPSA) is 46.9 Å². The van der Waals surface area contributed by atoms with E-state index in [2.05, 4.69) is 10.3 Å². The number of carbonyl (C=O) groups excluding carboxylic acids is 1. The number of aryl methyl sites for hydroxylation is 1. The van der Waals surface area contributed by atoms with Gasteiger partial charge in [-0.1, -0.05) is 30.3 Å². The van der Waals surface area contributed by atoms with Crippen molar-refractivity contribution in [3.8, 4) is 11.1 Å². The van der Waals surface area contributed by atoms with Gasteiger partial charge in [0.15, 0.2) is 0 Å². The molecule has 4 nitrogen and oxygen atoms in total. The van der Waals surface area contributed by atoms with E-state index in [1.165, 1.54) is 12.1 Å². The van der Waals surface area contributed by atoms with Crippen molar-refractivity contribution in [3.05, 3.63) is 84.6 Å². The first kappa shape index (κ1) is 17.0. The molecule has 5 heteroatoms. The summed E-state index contributed by atoms with van der Waals surface area (Å²) in [5.74, 6) is -0.464. The van der Waals surface area contributed by atoms with Crippen LogP contribution in [0.5, 0.6) is 0 Å². The number of rotatable bonds is 4. The maximum absolute atomic E-state index is 13.6. The minimum Gasteiger partial charge on any atom is -0.350 e. The number of aromatic nitrogens is 2. The molecule has 1 N–H and O–H groups in total. The Morgan fingerprint density at radius 1 is 1.15 bits per heavy atom. The fraction of sp³-hybridized carbons (Fsp3) is 0.0909. The zero-order chi connectivity index (χ0) is 18.8. The molecule has 27 heavy (non-hydrogen) atoms. The molecule has 0 fully saturated rings. The number of nitrogens with one attached hydrogen (secondary N) is 1. The summed E-state index contributed by atoms with van der Waals surface area (Å²) in [5, 5.41) is 3.98. The molecule has 2 aromatic heterocycles. The van der Waals surface area contributed by atoms with Crippen LogP contribution in [-0.4, -0.2) is 15.5 Å². The summed E-state index contributed by atoms with van der Waals surface area (Å²) >= 11 is 0. The van der Waals surface area contributed by atoms with Crippen molar-refractivity contribution in [1.29, 1.82) is 0 Å². The number of benzene rings is 2. The van der Waals surface area contributed by atoms with Crippen LogP contribution in [0.15, 0.2) is 73.2 Å². The molecule has 1 amide bonds. The minimum atomic E-state index is -0.322. The molecular weight excluding hydrogens is 341 g/mol. The number of halogens is 1. The third-order valence-corrected chi connectivity index (χ3v) is 4.56. The second-order valence-corrected chi connectivity index (χ2v) is 6.44. The highest BCUT2D eigenvalue weighted by Crippen LogP contribution is 2.28. The molecule has 0 aliphatic rings. The standard InChI is InChI=1S/C22H18FN3O/c1-26-14-16(19-7-2-3-8-21(19)26)12-22(27)25-20-13-24-10-9-18(20)15-5-4-6-17(23)11-15/h2-11,13-14H,12H2,1H3,(H,25,27). The number of pyridine rings is 1. The Hall–Kier alpha value is -3.47. The van der Waals surface area contributed by atoms with Crippen LogP contribution in [0, 0.1) is 5.82 Å². The van der Waals surface area contributed by atoms with Crippen LogP contribution in [0.2, 0.25) is 0 Å². The normalized spacial score (nSPS) is 10.9. The van der Waals surface area contributed by atoms with E-state index in [0.717, 1.165) is 22.0 Å². The molecule has 134 valence electrons. The first-order valence-corrected chi connectivity index (χ1v) is 8.64. The van der Waals surface area contributed by atoms with Crippen LogP contribution in [0.4, 0.5) is 10.1 Å². The Kier molecular flexibility index (Phi) is 4.42. The number of para-hydroxylation sites is 1. The van der Waals surface area contributed by atoms with Crippen molar-refractivity contribution in [3.63, 3.8) is 0 Å². The van der Waals surface area contributed by atoms with Crippen LogP contribution in [0.3, 0.4) is 0 Å². The summed E-state index contributed by atoms with van der Waals surface area (Å²) in [7, 11) is 1.97. The quantitative estimate of drug-likeness (QED) is 0.581. The second kappa shape index (κ2) is 7.03. The lowest BCUT2D eigenvalue weighted by Gasteiger charge is -2.11. The number of nitrogens with zero attached hydrogens (tertiary/aromatic N) is 2. The lowest BCUT2D eigenvalue weighted by atomic mass is 10.0. The molecule has 0 unspecified atom stereocenters. The van der Waals surface area contributed by atoms with Gasteiger partial charge in [-0.15, -0.1) is 0 Å². The van der Waals surface area contributed by atoms with Gasteiger partial charge in [-0.2, -0.15) is 0 Å². The van der Waals surface area contributed by atoms with Gasteiger partial charge in [0.05, 0.1) is 18.3 Å². The van der Waals surface area contributed by atoms with Crippen LogP contribution in [0.1, 0.15) is 5.56 Å². The van der Waals surface area contributed by atoms with Gasteiger partial charge in [-0.3, -0.25) is 9.78 Å². The van der Waals surface area contributed by atoms with Gasteiger partial charge in [0.2, 0.25) is 5.91 Å². The van der Waals surface area contributed by atoms with Crippen LogP contribution in [0.25, 0.3) is 22.0 Å². The number of amides is 1. The fourth-order valence-corrected chi connectivity index (χ4v) is 3.34. The van der Waals surface area contributed by atoms with E-state index in [9.17, 15) is 9.18 Å². The Morgan fingerprint density at radius 2 is 2.00 bits per heavy atom. The number of carbonyl (C=O) groups is 1. The summed E-state index contributed by atoms with van der Waals surface area (Å²) in [6.45, 7) is 0. The zero-order valence-corrected chi connectivity index (χ0v) is 14.8. The Labute approximate surface area is 156 Å². The summed E-state index contributed by atoms with van der Waals surface area (Å²) < 4.78 is 15.6. The average molecular weight is 359 g/mol. The monoisotopic (exact) mass is 359 g/mol. The van der Waals surface area contributed by atoms with Gasteiger partial charge < -0.3 is 9.88 Å². The highest BCUT2D eigenvalue weighted by atomic mass is 19.1. The largest absolute Gasteiger partial charge is 0.350 e. The van der Waals surface area contributed by atoms with Crippen LogP contribution >= 0.6 is 0 Å². The molecule has 0 aliphatic heterocycles. The lowest BCUT2D eigenvalue weighted by molar-refractivity contribution is -0.115. The van der Waals surface area contributed by atoms with Crippen molar-refractivity contribution >= 4 is 22.5 Å². The number of fused-ring (bicyclic) bond motifs is 1. The first-order valence-electron chi connectivity index (χ1n) is 8.64. The Bertz CT molecular complexity index is 1130. The van der Waals surface area contributed by atoms with Crippen molar-refractivity contribution in [2.24, 2.45) is 7.05 Å². The van der Waals surface area contributed by atoms with Crippen molar-refractivity contribution < 1.29 is 9.18 Å². The van der Waals surface area contributed by atoms with Gasteiger partial charge in [-0.05, 0) is 35.4 Å². The van der Waals surface area contributed by atoms with Crippen molar-refractivity contribution in [2.75, 3.05) is 5.32 Å². The maximum Gasteiger partial charge on any atom is 0.228 e. The summed E-state index contributed by atoms with van der Waals surface area (Å²) in [6.07, 6.45) is 5.43. The Balaban J connectivity index is 1.60. The number of hydrogen-bond donors (Lipinski definition) is 1. The summed E-state index contributed by atoms with van der Waals surface area (Å²) in [6, 6.07) is 16.0. The lowest BCUT2D eigenvalue weighted by Crippen LogP contribution is -2.15. The molecule has 2 heterocycles. The van der Waals surface area contributed by atoms with Gasteiger partial charge in [-0.25, -0.2) is 4.39 Å². The fourth-order valence-electron chi connectivity index (χ4n) is 3.34. The molecule has 0 aliphatic carbocycles. The van der Waals surface area contributed by atoms with Crippen molar-refractivity contribution in [2.45, 2.75) is 6.42 Å². The first-order chi connectivity index (χ1) is 13.1. The summed E-state index contributed by atoms with van der Waals surface area (Å²) in [4.78, 5) is 16.8. The van der Waals surface area contributed by atoms with Gasteiger partial charge in [0.25, 0.3) is 0 Å². The maximum atomic E-state index is 13.6. The third kappa shape index (κ3) is 3.44. The molecule has 4 aromatic rings. The van der Waals surface area contributed by atoms with Crippen LogP contribution in [-0.2, 0) is 18.3 Å². The molecule has 4 rings (SSSR count). The Morgan fingerprint density at radius 3 is 2.85 bits per heavy atom. The van der Waals surface area contributed by atoms with E-state index in [4.69, 9.17) is 0 Å². The predicted molar refractivity (Wildman–Crippen MR) is 105 cm³/mol. The SMILES string of the molecule is Cn1cc(CC(=O)Nc2cnccc2-c2cccc(F)c2)c2ccccc21. The highest BCUT2D eigenvalue weighted by molar-refractivity contribution is 5.98. The average Bonchev–Trinajstić information content (AvgIpc) is 2.98. The molecule has 0 atom stereocenters. The molecule has 0 spiro atoms.